The lowest BCUT2D eigenvalue weighted by Crippen LogP contribution is -2.63. The minimum absolute atomic E-state index is 0.0592. The molecular formula is C13H16ClN3O3. The fourth-order valence-electron chi connectivity index (χ4n) is 3.44. The molecule has 0 spiro atoms. The van der Waals surface area contributed by atoms with E-state index >= 15 is 0 Å². The lowest BCUT2D eigenvalue weighted by Gasteiger charge is -2.54. The molecule has 3 rings (SSSR count). The third-order valence-corrected chi connectivity index (χ3v) is 4.63. The Morgan fingerprint density at radius 2 is 2.35 bits per heavy atom. The average molecular weight is 298 g/mol. The summed E-state index contributed by atoms with van der Waals surface area (Å²) in [5.74, 6) is 0.671. The Morgan fingerprint density at radius 1 is 1.60 bits per heavy atom. The predicted molar refractivity (Wildman–Crippen MR) is 74.9 cm³/mol. The molecule has 108 valence electrons. The number of rotatable bonds is 3. The van der Waals surface area contributed by atoms with E-state index in [1.54, 1.807) is 0 Å². The van der Waals surface area contributed by atoms with Crippen molar-refractivity contribution in [1.29, 1.82) is 0 Å². The molecule has 1 saturated carbocycles. The number of fused-ring (bicyclic) bond motifs is 1. The number of nitro groups is 1. The molecule has 1 aromatic heterocycles. The van der Waals surface area contributed by atoms with Gasteiger partial charge in [-0.1, -0.05) is 25.4 Å². The highest BCUT2D eigenvalue weighted by atomic mass is 35.5. The van der Waals surface area contributed by atoms with Gasteiger partial charge in [0.15, 0.2) is 0 Å². The van der Waals surface area contributed by atoms with Gasteiger partial charge in [-0.05, 0) is 6.42 Å². The Kier molecular flexibility index (Phi) is 3.10. The van der Waals surface area contributed by atoms with Crippen LogP contribution < -0.4 is 5.32 Å². The van der Waals surface area contributed by atoms with Crippen LogP contribution in [0.1, 0.15) is 20.3 Å². The molecular weight excluding hydrogens is 282 g/mol. The van der Waals surface area contributed by atoms with Crippen LogP contribution in [-0.2, 0) is 4.74 Å². The van der Waals surface area contributed by atoms with Gasteiger partial charge in [-0.3, -0.25) is 10.1 Å². The summed E-state index contributed by atoms with van der Waals surface area (Å²) in [6, 6.07) is 1.45. The van der Waals surface area contributed by atoms with Crippen molar-refractivity contribution in [2.45, 2.75) is 32.4 Å². The quantitative estimate of drug-likeness (QED) is 0.685. The number of hydrogen-bond donors (Lipinski definition) is 1. The summed E-state index contributed by atoms with van der Waals surface area (Å²) in [6.45, 7) is 4.98. The largest absolute Gasteiger partial charge is 0.377 e. The molecule has 3 unspecified atom stereocenters. The number of halogens is 1. The van der Waals surface area contributed by atoms with E-state index < -0.39 is 4.92 Å². The van der Waals surface area contributed by atoms with E-state index in [-0.39, 0.29) is 34.1 Å². The van der Waals surface area contributed by atoms with Crippen LogP contribution in [0.4, 0.5) is 11.5 Å². The SMILES string of the molecule is CC1(C)C(Nc2ncc(Cl)cc2[N+](=O)[O-])C2CCOC21. The number of nitrogens with zero attached hydrogens (tertiary/aromatic N) is 2. The first-order valence-corrected chi connectivity index (χ1v) is 6.97. The Balaban J connectivity index is 1.87. The molecule has 0 amide bonds. The van der Waals surface area contributed by atoms with Crippen molar-refractivity contribution < 1.29 is 9.66 Å². The summed E-state index contributed by atoms with van der Waals surface area (Å²) < 4.78 is 5.72. The molecule has 1 aromatic rings. The Bertz CT molecular complexity index is 564. The number of ether oxygens (including phenoxy) is 1. The van der Waals surface area contributed by atoms with Gasteiger partial charge in [0.2, 0.25) is 5.82 Å². The molecule has 20 heavy (non-hydrogen) atoms. The summed E-state index contributed by atoms with van der Waals surface area (Å²) >= 11 is 5.78. The average Bonchev–Trinajstić information content (AvgIpc) is 2.83. The van der Waals surface area contributed by atoms with Crippen molar-refractivity contribution >= 4 is 23.1 Å². The van der Waals surface area contributed by atoms with E-state index in [1.165, 1.54) is 12.3 Å². The second kappa shape index (κ2) is 4.56. The first-order valence-electron chi connectivity index (χ1n) is 6.59. The maximum atomic E-state index is 11.1. The zero-order chi connectivity index (χ0) is 14.5. The minimum atomic E-state index is -0.463. The fourth-order valence-corrected chi connectivity index (χ4v) is 3.60. The van der Waals surface area contributed by atoms with E-state index in [9.17, 15) is 10.1 Å². The monoisotopic (exact) mass is 297 g/mol. The van der Waals surface area contributed by atoms with Gasteiger partial charge < -0.3 is 10.1 Å². The third kappa shape index (κ3) is 1.94. The van der Waals surface area contributed by atoms with Crippen molar-refractivity contribution in [3.05, 3.63) is 27.4 Å². The van der Waals surface area contributed by atoms with Gasteiger partial charge >= 0.3 is 5.69 Å². The van der Waals surface area contributed by atoms with Crippen LogP contribution >= 0.6 is 11.6 Å². The molecule has 3 atom stereocenters. The number of anilines is 1. The van der Waals surface area contributed by atoms with Gasteiger partial charge in [0.1, 0.15) is 0 Å². The fraction of sp³-hybridized carbons (Fsp3) is 0.615. The number of pyridine rings is 1. The lowest BCUT2D eigenvalue weighted by atomic mass is 9.57. The maximum absolute atomic E-state index is 11.1. The van der Waals surface area contributed by atoms with Crippen molar-refractivity contribution in [3.8, 4) is 0 Å². The van der Waals surface area contributed by atoms with Crippen molar-refractivity contribution in [2.75, 3.05) is 11.9 Å². The standard InChI is InChI=1S/C13H16ClN3O3/c1-13(2)10(8-3-4-20-11(8)13)16-12-9(17(18)19)5-7(14)6-15-12/h5-6,8,10-11H,3-4H2,1-2H3,(H,15,16). The zero-order valence-corrected chi connectivity index (χ0v) is 12.1. The molecule has 7 heteroatoms. The van der Waals surface area contributed by atoms with Crippen molar-refractivity contribution in [1.82, 2.24) is 4.98 Å². The number of nitrogens with one attached hydrogen (secondary N) is 1. The highest BCUT2D eigenvalue weighted by molar-refractivity contribution is 6.30. The second-order valence-corrected chi connectivity index (χ2v) is 6.40. The van der Waals surface area contributed by atoms with E-state index in [0.717, 1.165) is 13.0 Å². The highest BCUT2D eigenvalue weighted by Crippen LogP contribution is 2.53. The van der Waals surface area contributed by atoms with Gasteiger partial charge in [-0.15, -0.1) is 0 Å². The van der Waals surface area contributed by atoms with Crippen LogP contribution in [0.5, 0.6) is 0 Å². The molecule has 0 radical (unpaired) electrons. The summed E-state index contributed by atoms with van der Waals surface area (Å²) in [7, 11) is 0. The van der Waals surface area contributed by atoms with Crippen LogP contribution in [0.2, 0.25) is 5.02 Å². The van der Waals surface area contributed by atoms with Crippen LogP contribution in [0, 0.1) is 21.4 Å². The van der Waals surface area contributed by atoms with Gasteiger partial charge in [-0.25, -0.2) is 4.98 Å². The van der Waals surface area contributed by atoms with Crippen LogP contribution in [-0.4, -0.2) is 28.7 Å². The zero-order valence-electron chi connectivity index (χ0n) is 11.3. The van der Waals surface area contributed by atoms with Crippen LogP contribution in [0.3, 0.4) is 0 Å². The smallest absolute Gasteiger partial charge is 0.312 e. The number of aromatic nitrogens is 1. The topological polar surface area (TPSA) is 77.3 Å². The first-order chi connectivity index (χ1) is 9.41. The Morgan fingerprint density at radius 3 is 3.05 bits per heavy atom. The van der Waals surface area contributed by atoms with Gasteiger partial charge in [0.25, 0.3) is 0 Å². The molecule has 1 aliphatic carbocycles. The maximum Gasteiger partial charge on any atom is 0.312 e. The van der Waals surface area contributed by atoms with Crippen LogP contribution in [0.15, 0.2) is 12.3 Å². The normalized spacial score (nSPS) is 30.4. The predicted octanol–water partition coefficient (Wildman–Crippen LogP) is 2.87. The molecule has 1 N–H and O–H groups in total. The molecule has 1 aliphatic heterocycles. The second-order valence-electron chi connectivity index (χ2n) is 5.97. The first kappa shape index (κ1) is 13.6. The molecule has 2 fully saturated rings. The van der Waals surface area contributed by atoms with Crippen LogP contribution in [0.25, 0.3) is 0 Å². The minimum Gasteiger partial charge on any atom is -0.377 e. The molecule has 0 aromatic carbocycles. The molecule has 2 heterocycles. The third-order valence-electron chi connectivity index (χ3n) is 4.42. The summed E-state index contributed by atoms with van der Waals surface area (Å²) in [5, 5.41) is 14.6. The van der Waals surface area contributed by atoms with E-state index in [2.05, 4.69) is 24.1 Å². The van der Waals surface area contributed by atoms with Crippen molar-refractivity contribution in [3.63, 3.8) is 0 Å². The highest BCUT2D eigenvalue weighted by Gasteiger charge is 2.59. The van der Waals surface area contributed by atoms with Gasteiger partial charge in [0.05, 0.1) is 16.0 Å². The molecule has 6 nitrogen and oxygen atoms in total. The van der Waals surface area contributed by atoms with E-state index in [4.69, 9.17) is 16.3 Å². The Labute approximate surface area is 121 Å². The van der Waals surface area contributed by atoms with E-state index in [0.29, 0.717) is 5.92 Å². The van der Waals surface area contributed by atoms with E-state index in [1.807, 2.05) is 0 Å². The summed E-state index contributed by atoms with van der Waals surface area (Å²) in [4.78, 5) is 14.7. The Hall–Kier alpha value is -1.40. The molecule has 2 aliphatic rings. The summed E-state index contributed by atoms with van der Waals surface area (Å²) in [5.41, 5.74) is -0.147. The molecule has 1 saturated heterocycles. The van der Waals surface area contributed by atoms with Crippen molar-refractivity contribution in [2.24, 2.45) is 11.3 Å². The summed E-state index contributed by atoms with van der Waals surface area (Å²) in [6.07, 6.45) is 2.63. The molecule has 0 bridgehead atoms. The lowest BCUT2D eigenvalue weighted by molar-refractivity contribution is -0.384. The van der Waals surface area contributed by atoms with Gasteiger partial charge in [-0.2, -0.15) is 0 Å². The van der Waals surface area contributed by atoms with Gasteiger partial charge in [0, 0.05) is 36.2 Å². The number of hydrogen-bond acceptors (Lipinski definition) is 5.